The van der Waals surface area contributed by atoms with Gasteiger partial charge in [-0.25, -0.2) is 0 Å². The predicted octanol–water partition coefficient (Wildman–Crippen LogP) is 3.74. The molecule has 3 N–H and O–H groups in total. The van der Waals surface area contributed by atoms with Crippen molar-refractivity contribution in [3.05, 3.63) is 34.9 Å². The second-order valence-corrected chi connectivity index (χ2v) is 6.37. The summed E-state index contributed by atoms with van der Waals surface area (Å²) in [6, 6.07) is 7.53. The minimum Gasteiger partial charge on any atom is -0.391 e. The van der Waals surface area contributed by atoms with Crippen molar-refractivity contribution in [1.29, 1.82) is 0 Å². The molecule has 0 amide bonds. The highest BCUT2D eigenvalue weighted by Gasteiger charge is 2.37. The molecule has 19 heavy (non-hydrogen) atoms. The molecule has 0 bridgehead atoms. The van der Waals surface area contributed by atoms with Crippen LogP contribution < -0.4 is 5.73 Å². The van der Waals surface area contributed by atoms with Gasteiger partial charge in [-0.3, -0.25) is 0 Å². The van der Waals surface area contributed by atoms with Crippen LogP contribution in [0, 0.1) is 5.92 Å². The molecule has 0 fully saturated rings. The molecular formula is C16H26ClNO. The molecule has 0 radical (unpaired) electrons. The van der Waals surface area contributed by atoms with Gasteiger partial charge in [0, 0.05) is 16.5 Å². The molecule has 0 heterocycles. The van der Waals surface area contributed by atoms with Crippen molar-refractivity contribution in [2.24, 2.45) is 11.7 Å². The molecule has 0 spiro atoms. The number of aliphatic hydroxyl groups excluding tert-OH is 1. The minimum atomic E-state index is -0.507. The van der Waals surface area contributed by atoms with Gasteiger partial charge < -0.3 is 10.8 Å². The van der Waals surface area contributed by atoms with Crippen molar-refractivity contribution in [1.82, 2.24) is 0 Å². The third-order valence-electron chi connectivity index (χ3n) is 4.06. The molecule has 0 aliphatic carbocycles. The standard InChI is InChI=1S/C16H26ClNO/c1-5-10-16(4,15(18)14(19)11(2)3)12-6-8-13(17)9-7-12/h6-9,11,14-15,19H,5,10,18H2,1-4H3. The van der Waals surface area contributed by atoms with Gasteiger partial charge in [-0.1, -0.05) is 57.8 Å². The summed E-state index contributed by atoms with van der Waals surface area (Å²) in [5, 5.41) is 11.0. The lowest BCUT2D eigenvalue weighted by Gasteiger charge is -2.40. The van der Waals surface area contributed by atoms with Crippen LogP contribution in [0.15, 0.2) is 24.3 Å². The second kappa shape index (κ2) is 6.74. The summed E-state index contributed by atoms with van der Waals surface area (Å²) in [7, 11) is 0. The Hall–Kier alpha value is -0.570. The first-order valence-electron chi connectivity index (χ1n) is 7.02. The predicted molar refractivity (Wildman–Crippen MR) is 82.5 cm³/mol. The fourth-order valence-electron chi connectivity index (χ4n) is 2.64. The highest BCUT2D eigenvalue weighted by Crippen LogP contribution is 2.35. The highest BCUT2D eigenvalue weighted by molar-refractivity contribution is 6.30. The lowest BCUT2D eigenvalue weighted by molar-refractivity contribution is 0.0648. The van der Waals surface area contributed by atoms with Gasteiger partial charge in [-0.15, -0.1) is 0 Å². The molecule has 0 saturated heterocycles. The smallest absolute Gasteiger partial charge is 0.0722 e. The molecule has 0 saturated carbocycles. The number of aliphatic hydroxyl groups is 1. The van der Waals surface area contributed by atoms with E-state index < -0.39 is 6.10 Å². The summed E-state index contributed by atoms with van der Waals surface area (Å²) in [5.41, 5.74) is 7.28. The van der Waals surface area contributed by atoms with Gasteiger partial charge in [-0.2, -0.15) is 0 Å². The Kier molecular flexibility index (Phi) is 5.84. The van der Waals surface area contributed by atoms with Crippen molar-refractivity contribution in [3.8, 4) is 0 Å². The van der Waals surface area contributed by atoms with Gasteiger partial charge >= 0.3 is 0 Å². The number of benzene rings is 1. The lowest BCUT2D eigenvalue weighted by Crippen LogP contribution is -2.52. The number of hydrogen-bond acceptors (Lipinski definition) is 2. The quantitative estimate of drug-likeness (QED) is 0.835. The van der Waals surface area contributed by atoms with Gasteiger partial charge in [0.1, 0.15) is 0 Å². The Balaban J connectivity index is 3.12. The molecule has 3 unspecified atom stereocenters. The number of nitrogens with two attached hydrogens (primary N) is 1. The third-order valence-corrected chi connectivity index (χ3v) is 4.31. The fourth-order valence-corrected chi connectivity index (χ4v) is 2.77. The maximum atomic E-state index is 10.3. The largest absolute Gasteiger partial charge is 0.391 e. The van der Waals surface area contributed by atoms with E-state index in [1.807, 2.05) is 38.1 Å². The van der Waals surface area contributed by atoms with Gasteiger partial charge in [0.25, 0.3) is 0 Å². The first kappa shape index (κ1) is 16.5. The van der Waals surface area contributed by atoms with Crippen LogP contribution in [0.4, 0.5) is 0 Å². The molecule has 0 aliphatic heterocycles. The second-order valence-electron chi connectivity index (χ2n) is 5.93. The van der Waals surface area contributed by atoms with Crippen molar-refractivity contribution < 1.29 is 5.11 Å². The third kappa shape index (κ3) is 3.71. The average Bonchev–Trinajstić information content (AvgIpc) is 2.37. The number of halogens is 1. The van der Waals surface area contributed by atoms with Crippen LogP contribution in [0.5, 0.6) is 0 Å². The molecule has 1 aromatic carbocycles. The molecule has 108 valence electrons. The van der Waals surface area contributed by atoms with Crippen molar-refractivity contribution in [2.75, 3.05) is 0 Å². The van der Waals surface area contributed by atoms with Crippen LogP contribution in [-0.4, -0.2) is 17.3 Å². The van der Waals surface area contributed by atoms with Gasteiger partial charge in [-0.05, 0) is 30.0 Å². The Labute approximate surface area is 122 Å². The molecule has 1 rings (SSSR count). The molecule has 3 atom stereocenters. The van der Waals surface area contributed by atoms with Gasteiger partial charge in [0.2, 0.25) is 0 Å². The van der Waals surface area contributed by atoms with E-state index in [2.05, 4.69) is 13.8 Å². The SMILES string of the molecule is CCCC(C)(c1ccc(Cl)cc1)C(N)C(O)C(C)C. The van der Waals surface area contributed by atoms with E-state index in [0.717, 1.165) is 23.4 Å². The molecule has 1 aromatic rings. The first-order chi connectivity index (χ1) is 8.82. The monoisotopic (exact) mass is 283 g/mol. The first-order valence-corrected chi connectivity index (χ1v) is 7.40. The molecule has 2 nitrogen and oxygen atoms in total. The van der Waals surface area contributed by atoms with Crippen LogP contribution in [0.2, 0.25) is 5.02 Å². The van der Waals surface area contributed by atoms with Crippen LogP contribution in [0.25, 0.3) is 0 Å². The summed E-state index contributed by atoms with van der Waals surface area (Å²) in [4.78, 5) is 0. The molecule has 0 aromatic heterocycles. The number of hydrogen-bond donors (Lipinski definition) is 2. The lowest BCUT2D eigenvalue weighted by atomic mass is 9.70. The Morgan fingerprint density at radius 2 is 1.79 bits per heavy atom. The van der Waals surface area contributed by atoms with E-state index >= 15 is 0 Å². The van der Waals surface area contributed by atoms with Crippen molar-refractivity contribution >= 4 is 11.6 Å². The van der Waals surface area contributed by atoms with E-state index in [9.17, 15) is 5.11 Å². The highest BCUT2D eigenvalue weighted by atomic mass is 35.5. The van der Waals surface area contributed by atoms with Crippen LogP contribution in [-0.2, 0) is 5.41 Å². The topological polar surface area (TPSA) is 46.2 Å². The molecular weight excluding hydrogens is 258 g/mol. The van der Waals surface area contributed by atoms with E-state index in [-0.39, 0.29) is 17.4 Å². The maximum absolute atomic E-state index is 10.3. The summed E-state index contributed by atoms with van der Waals surface area (Å²) < 4.78 is 0. The normalized spacial score (nSPS) is 18.1. The van der Waals surface area contributed by atoms with Crippen molar-refractivity contribution in [2.45, 2.75) is 58.1 Å². The van der Waals surface area contributed by atoms with E-state index in [1.54, 1.807) is 0 Å². The van der Waals surface area contributed by atoms with E-state index in [1.165, 1.54) is 0 Å². The summed E-state index contributed by atoms with van der Waals surface area (Å²) in [5.74, 6) is 0.151. The van der Waals surface area contributed by atoms with Crippen LogP contribution in [0.3, 0.4) is 0 Å². The Morgan fingerprint density at radius 3 is 2.21 bits per heavy atom. The summed E-state index contributed by atoms with van der Waals surface area (Å²) >= 11 is 5.95. The van der Waals surface area contributed by atoms with E-state index in [4.69, 9.17) is 17.3 Å². The van der Waals surface area contributed by atoms with E-state index in [0.29, 0.717) is 0 Å². The minimum absolute atomic E-state index is 0.151. The van der Waals surface area contributed by atoms with Crippen LogP contribution in [0.1, 0.15) is 46.1 Å². The van der Waals surface area contributed by atoms with Crippen LogP contribution >= 0.6 is 11.6 Å². The zero-order chi connectivity index (χ0) is 14.6. The average molecular weight is 284 g/mol. The maximum Gasteiger partial charge on any atom is 0.0722 e. The zero-order valence-electron chi connectivity index (χ0n) is 12.4. The fraction of sp³-hybridized carbons (Fsp3) is 0.625. The molecule has 0 aliphatic rings. The van der Waals surface area contributed by atoms with Crippen molar-refractivity contribution in [3.63, 3.8) is 0 Å². The summed E-state index contributed by atoms with van der Waals surface area (Å²) in [6.07, 6.45) is 1.46. The Morgan fingerprint density at radius 1 is 1.26 bits per heavy atom. The van der Waals surface area contributed by atoms with Gasteiger partial charge in [0.15, 0.2) is 0 Å². The van der Waals surface area contributed by atoms with Gasteiger partial charge in [0.05, 0.1) is 6.10 Å². The summed E-state index contributed by atoms with van der Waals surface area (Å²) in [6.45, 7) is 8.27. The zero-order valence-corrected chi connectivity index (χ0v) is 13.1. The Bertz CT molecular complexity index is 390. The molecule has 3 heteroatoms. The number of rotatable bonds is 6.